The van der Waals surface area contributed by atoms with Gasteiger partial charge in [0, 0.05) is 44.0 Å². The van der Waals surface area contributed by atoms with E-state index in [-0.39, 0.29) is 5.92 Å². The third kappa shape index (κ3) is 4.53. The van der Waals surface area contributed by atoms with E-state index in [1.807, 2.05) is 51.1 Å². The minimum atomic E-state index is -0.882. The number of benzene rings is 1. The average Bonchev–Trinajstić information content (AvgIpc) is 2.88. The maximum Gasteiger partial charge on any atom is 0.337 e. The van der Waals surface area contributed by atoms with E-state index in [0.717, 1.165) is 35.7 Å². The van der Waals surface area contributed by atoms with Gasteiger partial charge >= 0.3 is 5.97 Å². The van der Waals surface area contributed by atoms with E-state index in [9.17, 15) is 9.90 Å². The van der Waals surface area contributed by atoms with Crippen molar-refractivity contribution in [2.45, 2.75) is 43.2 Å². The fraction of sp³-hybridized carbons (Fsp3) is 0.238. The maximum absolute atomic E-state index is 12.1. The van der Waals surface area contributed by atoms with Gasteiger partial charge in [-0.25, -0.2) is 4.79 Å². The molecule has 0 fully saturated rings. The lowest BCUT2D eigenvalue weighted by atomic mass is 10.0. The molecule has 3 rings (SSSR count). The minimum absolute atomic E-state index is 0.0848. The maximum atomic E-state index is 12.1. The lowest BCUT2D eigenvalue weighted by molar-refractivity contribution is 0.0694. The Morgan fingerprint density at radius 2 is 1.79 bits per heavy atom. The van der Waals surface area contributed by atoms with Gasteiger partial charge in [-0.1, -0.05) is 57.5 Å². The molecule has 0 amide bonds. The van der Waals surface area contributed by atoms with Crippen LogP contribution < -0.4 is 0 Å². The Hall–Kier alpha value is -1.57. The van der Waals surface area contributed by atoms with Gasteiger partial charge in [-0.15, -0.1) is 0 Å². The number of aromatic nitrogens is 2. The first-order valence-corrected chi connectivity index (χ1v) is 11.2. The van der Waals surface area contributed by atoms with Crippen molar-refractivity contribution < 1.29 is 9.90 Å². The summed E-state index contributed by atoms with van der Waals surface area (Å²) < 4.78 is 4.05. The highest BCUT2D eigenvalue weighted by atomic mass is 79.9. The quantitative estimate of drug-likeness (QED) is 0.388. The Bertz CT molecular complexity index is 997. The number of aromatic carboxylic acids is 1. The molecule has 0 radical (unpaired) electrons. The van der Waals surface area contributed by atoms with Crippen molar-refractivity contribution in [3.8, 4) is 0 Å². The number of nitrogens with zero attached hydrogens (tertiary/aromatic N) is 2. The summed E-state index contributed by atoms with van der Waals surface area (Å²) in [5.41, 5.74) is 3.13. The highest BCUT2D eigenvalue weighted by molar-refractivity contribution is 9.11. The van der Waals surface area contributed by atoms with E-state index in [0.29, 0.717) is 12.1 Å². The second-order valence-corrected chi connectivity index (χ2v) is 9.68. The van der Waals surface area contributed by atoms with Crippen LogP contribution in [-0.4, -0.2) is 20.6 Å². The molecule has 3 aromatic rings. The highest BCUT2D eigenvalue weighted by Crippen LogP contribution is 2.41. The molecule has 7 heteroatoms. The zero-order valence-electron chi connectivity index (χ0n) is 15.7. The second kappa shape index (κ2) is 8.84. The van der Waals surface area contributed by atoms with Gasteiger partial charge in [-0.05, 0) is 48.7 Å². The van der Waals surface area contributed by atoms with Crippen LogP contribution >= 0.6 is 43.6 Å². The third-order valence-electron chi connectivity index (χ3n) is 4.44. The molecule has 0 saturated heterocycles. The largest absolute Gasteiger partial charge is 0.478 e. The number of rotatable bonds is 6. The number of carbonyl (C=O) groups is 1. The Morgan fingerprint density at radius 1 is 1.18 bits per heavy atom. The number of hydrogen-bond donors (Lipinski definition) is 1. The lowest BCUT2D eigenvalue weighted by Crippen LogP contribution is -2.05. The molecule has 0 atom stereocenters. The van der Waals surface area contributed by atoms with Gasteiger partial charge in [0.2, 0.25) is 0 Å². The van der Waals surface area contributed by atoms with E-state index in [2.05, 4.69) is 41.4 Å². The average molecular weight is 524 g/mol. The van der Waals surface area contributed by atoms with Gasteiger partial charge in [0.05, 0.1) is 10.6 Å². The Morgan fingerprint density at radius 3 is 2.32 bits per heavy atom. The summed E-state index contributed by atoms with van der Waals surface area (Å²) in [6, 6.07) is 9.98. The first-order chi connectivity index (χ1) is 13.3. The summed E-state index contributed by atoms with van der Waals surface area (Å²) in [4.78, 5) is 17.2. The number of carboxylic acids is 1. The summed E-state index contributed by atoms with van der Waals surface area (Å²) in [7, 11) is 0. The monoisotopic (exact) mass is 522 g/mol. The van der Waals surface area contributed by atoms with Crippen LogP contribution in [0, 0.1) is 6.92 Å². The summed E-state index contributed by atoms with van der Waals surface area (Å²) in [5.74, 6) is -0.798. The number of carboxylic acid groups (broad SMARTS) is 1. The summed E-state index contributed by atoms with van der Waals surface area (Å²) in [5, 5.41) is 10.9. The van der Waals surface area contributed by atoms with Gasteiger partial charge in [0.15, 0.2) is 0 Å². The van der Waals surface area contributed by atoms with Crippen LogP contribution in [0.4, 0.5) is 0 Å². The molecule has 0 saturated carbocycles. The molecule has 28 heavy (non-hydrogen) atoms. The normalized spacial score (nSPS) is 11.2. The summed E-state index contributed by atoms with van der Waals surface area (Å²) in [6.07, 6.45) is 3.52. The Labute approximate surface area is 185 Å². The van der Waals surface area contributed by atoms with Crippen LogP contribution in [0.2, 0.25) is 0 Å². The fourth-order valence-electron chi connectivity index (χ4n) is 3.21. The van der Waals surface area contributed by atoms with Crippen molar-refractivity contribution in [3.05, 3.63) is 74.1 Å². The molecule has 0 unspecified atom stereocenters. The van der Waals surface area contributed by atoms with Crippen molar-refractivity contribution in [2.75, 3.05) is 0 Å². The number of pyridine rings is 1. The summed E-state index contributed by atoms with van der Waals surface area (Å²) >= 11 is 8.67. The number of hydrogen-bond acceptors (Lipinski definition) is 3. The topological polar surface area (TPSA) is 55.1 Å². The first kappa shape index (κ1) is 21.1. The molecule has 2 aromatic heterocycles. The van der Waals surface area contributed by atoms with E-state index in [1.165, 1.54) is 0 Å². The minimum Gasteiger partial charge on any atom is -0.478 e. The van der Waals surface area contributed by atoms with E-state index in [4.69, 9.17) is 0 Å². The molecular weight excluding hydrogens is 504 g/mol. The second-order valence-electron chi connectivity index (χ2n) is 6.79. The predicted molar refractivity (Wildman–Crippen MR) is 120 cm³/mol. The van der Waals surface area contributed by atoms with Crippen LogP contribution in [0.15, 0.2) is 61.6 Å². The van der Waals surface area contributed by atoms with Crippen LogP contribution in [-0.2, 0) is 6.54 Å². The molecule has 0 bridgehead atoms. The third-order valence-corrected chi connectivity index (χ3v) is 6.46. The van der Waals surface area contributed by atoms with Crippen LogP contribution in [0.5, 0.6) is 0 Å². The number of halogens is 2. The highest BCUT2D eigenvalue weighted by Gasteiger charge is 2.27. The van der Waals surface area contributed by atoms with Crippen molar-refractivity contribution in [1.29, 1.82) is 0 Å². The van der Waals surface area contributed by atoms with E-state index < -0.39 is 5.97 Å². The van der Waals surface area contributed by atoms with Crippen molar-refractivity contribution >= 4 is 49.6 Å². The molecule has 146 valence electrons. The van der Waals surface area contributed by atoms with Crippen LogP contribution in [0.25, 0.3) is 0 Å². The van der Waals surface area contributed by atoms with E-state index >= 15 is 0 Å². The van der Waals surface area contributed by atoms with Crippen molar-refractivity contribution in [3.63, 3.8) is 0 Å². The molecule has 4 nitrogen and oxygen atoms in total. The zero-order valence-corrected chi connectivity index (χ0v) is 19.7. The molecule has 1 aromatic carbocycles. The zero-order chi connectivity index (χ0) is 20.4. The predicted octanol–water partition coefficient (Wildman–Crippen LogP) is 6.74. The van der Waals surface area contributed by atoms with Gasteiger partial charge in [0.1, 0.15) is 0 Å². The standard InChI is InChI=1S/C21H20Br2N2O2S/c1-12(2)18-19(21(26)27)13(3)25(11-14-4-6-24-7-5-14)20(18)28-17-9-15(22)8-16(23)10-17/h4-10,12H,11H2,1-3H3,(H,26,27). The van der Waals surface area contributed by atoms with Crippen molar-refractivity contribution in [1.82, 2.24) is 9.55 Å². The van der Waals surface area contributed by atoms with Gasteiger partial charge in [0.25, 0.3) is 0 Å². The van der Waals surface area contributed by atoms with Crippen LogP contribution in [0.3, 0.4) is 0 Å². The molecule has 0 aliphatic heterocycles. The van der Waals surface area contributed by atoms with Gasteiger partial charge in [-0.3, -0.25) is 4.98 Å². The Kier molecular flexibility index (Phi) is 6.68. The van der Waals surface area contributed by atoms with E-state index in [1.54, 1.807) is 24.2 Å². The smallest absolute Gasteiger partial charge is 0.337 e. The van der Waals surface area contributed by atoms with Crippen molar-refractivity contribution in [2.24, 2.45) is 0 Å². The molecule has 0 aliphatic rings. The molecular formula is C21H20Br2N2O2S. The summed E-state index contributed by atoms with van der Waals surface area (Å²) in [6.45, 7) is 6.56. The Balaban J connectivity index is 2.19. The van der Waals surface area contributed by atoms with Crippen LogP contribution in [0.1, 0.15) is 46.9 Å². The molecule has 0 aliphatic carbocycles. The SMILES string of the molecule is Cc1c(C(=O)O)c(C(C)C)c(Sc2cc(Br)cc(Br)c2)n1Cc1ccncc1. The molecule has 1 N–H and O–H groups in total. The van der Waals surface area contributed by atoms with Gasteiger partial charge in [-0.2, -0.15) is 0 Å². The molecule has 0 spiro atoms. The lowest BCUT2D eigenvalue weighted by Gasteiger charge is -2.14. The fourth-order valence-corrected chi connectivity index (χ4v) is 6.16. The first-order valence-electron chi connectivity index (χ1n) is 8.77. The van der Waals surface area contributed by atoms with Gasteiger partial charge < -0.3 is 9.67 Å². The molecule has 2 heterocycles.